The van der Waals surface area contributed by atoms with Gasteiger partial charge in [-0.05, 0) is 25.4 Å². The summed E-state index contributed by atoms with van der Waals surface area (Å²) in [5, 5.41) is 3.37. The molecular formula is C11H24ClN3O. The van der Waals surface area contributed by atoms with Gasteiger partial charge in [-0.1, -0.05) is 6.92 Å². The highest BCUT2D eigenvalue weighted by Gasteiger charge is 2.30. The quantitative estimate of drug-likeness (QED) is 0.785. The first-order valence-corrected chi connectivity index (χ1v) is 5.52. The zero-order chi connectivity index (χ0) is 11.5. The lowest BCUT2D eigenvalue weighted by molar-refractivity contribution is -0.129. The largest absolute Gasteiger partial charge is 0.348 e. The number of rotatable bonds is 4. The Morgan fingerprint density at radius 3 is 2.44 bits per heavy atom. The number of nitrogens with zero attached hydrogens (tertiary/aromatic N) is 2. The van der Waals surface area contributed by atoms with Crippen LogP contribution < -0.4 is 5.32 Å². The van der Waals surface area contributed by atoms with E-state index in [9.17, 15) is 4.79 Å². The molecule has 1 heterocycles. The fourth-order valence-corrected chi connectivity index (χ4v) is 2.08. The first kappa shape index (κ1) is 15.7. The predicted molar refractivity (Wildman–Crippen MR) is 69.0 cm³/mol. The second-order valence-corrected chi connectivity index (χ2v) is 5.20. The average molecular weight is 250 g/mol. The predicted octanol–water partition coefficient (Wildman–Crippen LogP) is 0.428. The normalized spacial score (nSPS) is 24.3. The van der Waals surface area contributed by atoms with E-state index in [1.54, 1.807) is 19.0 Å². The Hall–Kier alpha value is -0.320. The molecule has 0 bridgehead atoms. The Balaban J connectivity index is 0.00000225. The molecule has 0 aliphatic carbocycles. The van der Waals surface area contributed by atoms with E-state index in [1.165, 1.54) is 6.42 Å². The highest BCUT2D eigenvalue weighted by atomic mass is 35.5. The smallest absolute Gasteiger partial charge is 0.236 e. The van der Waals surface area contributed by atoms with Crippen LogP contribution in [0.25, 0.3) is 0 Å². The molecule has 1 amide bonds. The molecule has 96 valence electrons. The Bertz CT molecular complexity index is 227. The summed E-state index contributed by atoms with van der Waals surface area (Å²) in [6.45, 7) is 5.95. The van der Waals surface area contributed by atoms with E-state index >= 15 is 0 Å². The summed E-state index contributed by atoms with van der Waals surface area (Å²) in [4.78, 5) is 15.3. The molecule has 0 aromatic heterocycles. The maximum Gasteiger partial charge on any atom is 0.236 e. The Kier molecular flexibility index (Phi) is 6.30. The summed E-state index contributed by atoms with van der Waals surface area (Å²) < 4.78 is 0. The van der Waals surface area contributed by atoms with E-state index in [4.69, 9.17) is 0 Å². The first-order chi connectivity index (χ1) is 6.93. The number of halogens is 1. The zero-order valence-electron chi connectivity index (χ0n) is 10.7. The van der Waals surface area contributed by atoms with Gasteiger partial charge in [0.15, 0.2) is 0 Å². The van der Waals surface area contributed by atoms with Crippen molar-refractivity contribution in [3.8, 4) is 0 Å². The average Bonchev–Trinajstić information content (AvgIpc) is 2.50. The molecule has 1 aliphatic rings. The molecule has 1 saturated heterocycles. The van der Waals surface area contributed by atoms with Crippen molar-refractivity contribution < 1.29 is 4.79 Å². The monoisotopic (exact) mass is 249 g/mol. The molecule has 1 fully saturated rings. The number of hydrogen-bond acceptors (Lipinski definition) is 3. The van der Waals surface area contributed by atoms with Gasteiger partial charge in [-0.3, -0.25) is 9.69 Å². The third-order valence-electron chi connectivity index (χ3n) is 3.01. The highest BCUT2D eigenvalue weighted by molar-refractivity contribution is 5.85. The van der Waals surface area contributed by atoms with Crippen LogP contribution in [0.1, 0.15) is 13.3 Å². The number of carbonyl (C=O) groups excluding carboxylic acids is 1. The van der Waals surface area contributed by atoms with Crippen molar-refractivity contribution in [3.05, 3.63) is 0 Å². The van der Waals surface area contributed by atoms with Crippen molar-refractivity contribution in [2.45, 2.75) is 13.3 Å². The van der Waals surface area contributed by atoms with Crippen LogP contribution in [0.2, 0.25) is 0 Å². The van der Waals surface area contributed by atoms with Gasteiger partial charge >= 0.3 is 0 Å². The van der Waals surface area contributed by atoms with Crippen LogP contribution in [0.4, 0.5) is 0 Å². The van der Waals surface area contributed by atoms with Gasteiger partial charge in [-0.25, -0.2) is 0 Å². The van der Waals surface area contributed by atoms with Gasteiger partial charge in [0, 0.05) is 27.2 Å². The summed E-state index contributed by atoms with van der Waals surface area (Å²) in [5.74, 6) is 0.173. The second-order valence-electron chi connectivity index (χ2n) is 5.20. The molecule has 0 radical (unpaired) electrons. The molecule has 0 aromatic carbocycles. The third kappa shape index (κ3) is 4.68. The Labute approximate surface area is 105 Å². The van der Waals surface area contributed by atoms with Crippen LogP contribution >= 0.6 is 12.4 Å². The molecule has 16 heavy (non-hydrogen) atoms. The summed E-state index contributed by atoms with van der Waals surface area (Å²) >= 11 is 0. The third-order valence-corrected chi connectivity index (χ3v) is 3.01. The molecule has 1 unspecified atom stereocenters. The summed E-state index contributed by atoms with van der Waals surface area (Å²) in [7, 11) is 5.62. The van der Waals surface area contributed by atoms with Crippen LogP contribution in [-0.4, -0.2) is 63.0 Å². The number of carbonyl (C=O) groups is 1. The van der Waals surface area contributed by atoms with Gasteiger partial charge in [0.05, 0.1) is 6.54 Å². The fraction of sp³-hybridized carbons (Fsp3) is 0.909. The van der Waals surface area contributed by atoms with Crippen molar-refractivity contribution >= 4 is 18.3 Å². The van der Waals surface area contributed by atoms with E-state index in [1.807, 2.05) is 7.05 Å². The highest BCUT2D eigenvalue weighted by Crippen LogP contribution is 2.24. The van der Waals surface area contributed by atoms with Gasteiger partial charge < -0.3 is 10.2 Å². The molecule has 1 aliphatic heterocycles. The van der Waals surface area contributed by atoms with E-state index in [0.717, 1.165) is 19.6 Å². The van der Waals surface area contributed by atoms with E-state index in [2.05, 4.69) is 17.1 Å². The van der Waals surface area contributed by atoms with E-state index in [-0.39, 0.29) is 18.3 Å². The molecule has 0 saturated carbocycles. The first-order valence-electron chi connectivity index (χ1n) is 5.52. The van der Waals surface area contributed by atoms with Crippen LogP contribution in [0.15, 0.2) is 0 Å². The second kappa shape index (κ2) is 6.42. The molecule has 1 rings (SSSR count). The molecule has 0 spiro atoms. The van der Waals surface area contributed by atoms with Gasteiger partial charge in [0.2, 0.25) is 5.91 Å². The van der Waals surface area contributed by atoms with Gasteiger partial charge in [-0.15, -0.1) is 12.4 Å². The lowest BCUT2D eigenvalue weighted by Gasteiger charge is -2.29. The van der Waals surface area contributed by atoms with Gasteiger partial charge in [0.25, 0.3) is 0 Å². The maximum absolute atomic E-state index is 11.5. The van der Waals surface area contributed by atoms with Gasteiger partial charge in [0.1, 0.15) is 0 Å². The van der Waals surface area contributed by atoms with Crippen molar-refractivity contribution in [1.29, 1.82) is 0 Å². The SMILES string of the molecule is CN(CC(=O)N(C)C)CC1(C)CCNC1.Cl. The maximum atomic E-state index is 11.5. The number of likely N-dealkylation sites (N-methyl/N-ethyl adjacent to an activating group) is 2. The zero-order valence-corrected chi connectivity index (χ0v) is 11.6. The van der Waals surface area contributed by atoms with Gasteiger partial charge in [-0.2, -0.15) is 0 Å². The van der Waals surface area contributed by atoms with Crippen molar-refractivity contribution in [2.75, 3.05) is 47.3 Å². The summed E-state index contributed by atoms with van der Waals surface area (Å²) in [6.07, 6.45) is 1.20. The topological polar surface area (TPSA) is 35.6 Å². The molecule has 1 N–H and O–H groups in total. The van der Waals surface area contributed by atoms with Crippen molar-refractivity contribution in [2.24, 2.45) is 5.41 Å². The lowest BCUT2D eigenvalue weighted by Crippen LogP contribution is -2.40. The molecule has 4 nitrogen and oxygen atoms in total. The van der Waals surface area contributed by atoms with Crippen LogP contribution in [0.5, 0.6) is 0 Å². The number of nitrogens with one attached hydrogen (secondary N) is 1. The summed E-state index contributed by atoms with van der Waals surface area (Å²) in [5.41, 5.74) is 0.335. The van der Waals surface area contributed by atoms with E-state index in [0.29, 0.717) is 12.0 Å². The minimum atomic E-state index is 0. The number of hydrogen-bond donors (Lipinski definition) is 1. The fourth-order valence-electron chi connectivity index (χ4n) is 2.08. The minimum absolute atomic E-state index is 0. The molecule has 1 atom stereocenters. The van der Waals surface area contributed by atoms with Crippen molar-refractivity contribution in [3.63, 3.8) is 0 Å². The van der Waals surface area contributed by atoms with Crippen molar-refractivity contribution in [1.82, 2.24) is 15.1 Å². The molecule has 0 aromatic rings. The standard InChI is InChI=1S/C11H23N3O.ClH/c1-11(5-6-12-8-11)9-14(4)7-10(15)13(2)3;/h12H,5-9H2,1-4H3;1H. The molecular weight excluding hydrogens is 226 g/mol. The Morgan fingerprint density at radius 1 is 1.38 bits per heavy atom. The summed E-state index contributed by atoms with van der Waals surface area (Å²) in [6, 6.07) is 0. The number of amides is 1. The lowest BCUT2D eigenvalue weighted by atomic mass is 9.89. The Morgan fingerprint density at radius 2 is 2.00 bits per heavy atom. The van der Waals surface area contributed by atoms with Crippen LogP contribution in [0, 0.1) is 5.41 Å². The minimum Gasteiger partial charge on any atom is -0.348 e. The van der Waals surface area contributed by atoms with E-state index < -0.39 is 0 Å². The molecule has 5 heteroatoms. The van der Waals surface area contributed by atoms with Crippen LogP contribution in [-0.2, 0) is 4.79 Å². The van der Waals surface area contributed by atoms with Crippen LogP contribution in [0.3, 0.4) is 0 Å².